The average Bonchev–Trinajstić information content (AvgIpc) is 3.09. The molecule has 0 N–H and O–H groups in total. The van der Waals surface area contributed by atoms with Crippen LogP contribution in [0, 0.1) is 0 Å². The zero-order chi connectivity index (χ0) is 21.4. The molecule has 2 aromatic rings. The van der Waals surface area contributed by atoms with Crippen molar-refractivity contribution in [1.82, 2.24) is 4.90 Å². The maximum atomic E-state index is 14.0. The van der Waals surface area contributed by atoms with Gasteiger partial charge in [0.15, 0.2) is 22.9 Å². The number of rotatable bonds is 4. The fourth-order valence-electron chi connectivity index (χ4n) is 7.49. The van der Waals surface area contributed by atoms with Gasteiger partial charge in [-0.1, -0.05) is 36.4 Å². The van der Waals surface area contributed by atoms with Gasteiger partial charge < -0.3 is 19.1 Å². The fraction of sp³-hybridized carbons (Fsp3) is 0.500. The molecule has 162 valence electrons. The second-order valence-corrected chi connectivity index (χ2v) is 9.60. The summed E-state index contributed by atoms with van der Waals surface area (Å²) in [6.07, 6.45) is 3.48. The number of carbonyl (C=O) groups excluding carboxylic acids is 1. The summed E-state index contributed by atoms with van der Waals surface area (Å²) in [5.74, 6) is 1.67. The summed E-state index contributed by atoms with van der Waals surface area (Å²) in [6, 6.07) is 14.7. The number of hydrogen-bond donors (Lipinski definition) is 0. The van der Waals surface area contributed by atoms with E-state index in [-0.39, 0.29) is 11.8 Å². The van der Waals surface area contributed by atoms with Crippen molar-refractivity contribution in [1.29, 1.82) is 0 Å². The van der Waals surface area contributed by atoms with Crippen LogP contribution in [0.4, 0.5) is 0 Å². The van der Waals surface area contributed by atoms with E-state index in [4.69, 9.17) is 14.2 Å². The van der Waals surface area contributed by atoms with Gasteiger partial charge >= 0.3 is 0 Å². The maximum absolute atomic E-state index is 14.0. The number of methoxy groups -OCH3 is 2. The molecule has 1 saturated heterocycles. The molecule has 1 spiro atoms. The lowest BCUT2D eigenvalue weighted by molar-refractivity contribution is -0.221. The summed E-state index contributed by atoms with van der Waals surface area (Å²) in [6.45, 7) is 0.916. The number of carbonyl (C=O) groups is 1. The molecule has 2 bridgehead atoms. The van der Waals surface area contributed by atoms with Crippen molar-refractivity contribution < 1.29 is 19.0 Å². The van der Waals surface area contributed by atoms with Gasteiger partial charge in [-0.3, -0.25) is 4.79 Å². The smallest absolute Gasteiger partial charge is 0.183 e. The minimum atomic E-state index is -0.978. The Balaban J connectivity index is 1.69. The number of benzene rings is 2. The predicted octanol–water partition coefficient (Wildman–Crippen LogP) is 3.32. The molecule has 0 radical (unpaired) electrons. The first-order chi connectivity index (χ1) is 15.0. The van der Waals surface area contributed by atoms with Crippen molar-refractivity contribution in [3.05, 3.63) is 59.2 Å². The molecular weight excluding hydrogens is 390 g/mol. The molecule has 2 aromatic carbocycles. The fourth-order valence-corrected chi connectivity index (χ4v) is 7.49. The second kappa shape index (κ2) is 6.33. The van der Waals surface area contributed by atoms with Crippen LogP contribution in [0.1, 0.15) is 36.0 Å². The summed E-state index contributed by atoms with van der Waals surface area (Å²) in [4.78, 5) is 16.4. The molecule has 31 heavy (non-hydrogen) atoms. The average molecular weight is 420 g/mol. The van der Waals surface area contributed by atoms with Gasteiger partial charge in [-0.2, -0.15) is 0 Å². The number of ether oxygens (including phenoxy) is 3. The predicted molar refractivity (Wildman–Crippen MR) is 117 cm³/mol. The maximum Gasteiger partial charge on any atom is 0.183 e. The Labute approximate surface area is 183 Å². The first kappa shape index (κ1) is 19.3. The van der Waals surface area contributed by atoms with E-state index in [9.17, 15) is 4.79 Å². The number of piperidine rings is 1. The van der Waals surface area contributed by atoms with Gasteiger partial charge in [0.2, 0.25) is 0 Å². The van der Waals surface area contributed by atoms with Gasteiger partial charge in [0, 0.05) is 31.6 Å². The van der Waals surface area contributed by atoms with Crippen molar-refractivity contribution in [3.63, 3.8) is 0 Å². The van der Waals surface area contributed by atoms with Gasteiger partial charge in [0.05, 0.1) is 18.1 Å². The first-order valence-corrected chi connectivity index (χ1v) is 11.2. The van der Waals surface area contributed by atoms with Crippen LogP contribution in [0.2, 0.25) is 0 Å². The third kappa shape index (κ3) is 2.07. The lowest BCUT2D eigenvalue weighted by Crippen LogP contribution is -2.81. The first-order valence-electron chi connectivity index (χ1n) is 11.2. The summed E-state index contributed by atoms with van der Waals surface area (Å²) >= 11 is 0. The third-order valence-electron chi connectivity index (χ3n) is 8.70. The molecular formula is C26H29NO4. The number of Topliss-reactive ketones (excluding diaryl/α,β-unsaturated/α-hetero) is 1. The van der Waals surface area contributed by atoms with E-state index in [2.05, 4.69) is 30.1 Å². The Morgan fingerprint density at radius 1 is 1.13 bits per heavy atom. The van der Waals surface area contributed by atoms with E-state index in [1.165, 1.54) is 11.1 Å². The highest BCUT2D eigenvalue weighted by Gasteiger charge is 2.79. The molecule has 2 heterocycles. The quantitative estimate of drug-likeness (QED) is 0.761. The largest absolute Gasteiger partial charge is 0.493 e. The van der Waals surface area contributed by atoms with E-state index in [0.29, 0.717) is 18.6 Å². The van der Waals surface area contributed by atoms with E-state index in [0.717, 1.165) is 37.1 Å². The molecule has 1 unspecified atom stereocenters. The normalized spacial score (nSPS) is 35.5. The third-order valence-corrected chi connectivity index (χ3v) is 8.70. The van der Waals surface area contributed by atoms with Gasteiger partial charge in [0.25, 0.3) is 0 Å². The lowest BCUT2D eigenvalue weighted by atomic mass is 9.44. The lowest BCUT2D eigenvalue weighted by Gasteiger charge is -2.66. The minimum absolute atomic E-state index is 0.193. The van der Waals surface area contributed by atoms with E-state index in [1.54, 1.807) is 7.11 Å². The molecule has 5 heteroatoms. The van der Waals surface area contributed by atoms with Crippen molar-refractivity contribution in [2.45, 2.75) is 54.8 Å². The summed E-state index contributed by atoms with van der Waals surface area (Å²) < 4.78 is 19.2. The van der Waals surface area contributed by atoms with Crippen molar-refractivity contribution >= 4 is 5.78 Å². The molecule has 2 aliphatic heterocycles. The molecule has 5 nitrogen and oxygen atoms in total. The number of nitrogens with zero attached hydrogens (tertiary/aromatic N) is 1. The summed E-state index contributed by atoms with van der Waals surface area (Å²) in [7, 11) is 5.70. The highest BCUT2D eigenvalue weighted by Crippen LogP contribution is 2.69. The Morgan fingerprint density at radius 2 is 1.94 bits per heavy atom. The molecule has 0 aromatic heterocycles. The van der Waals surface area contributed by atoms with Crippen molar-refractivity contribution in [2.75, 3.05) is 27.8 Å². The van der Waals surface area contributed by atoms with Gasteiger partial charge in [-0.05, 0) is 50.0 Å². The molecule has 4 aliphatic rings. The zero-order valence-corrected chi connectivity index (χ0v) is 18.4. The van der Waals surface area contributed by atoms with Gasteiger partial charge in [-0.25, -0.2) is 0 Å². The standard InChI is InChI=1S/C26H29NO4/c1-27-14-13-24-22-18-9-10-19(29-2)23(22)31-26(24,16-17-7-5-4-6-8-17)21(28)11-12-25(24,30-3)20(27)15-18/h4-10,20H,11-16H2,1-3H3/t20-,24-,25-,26?/m1/s1. The highest BCUT2D eigenvalue weighted by atomic mass is 16.5. The highest BCUT2D eigenvalue weighted by molar-refractivity contribution is 5.95. The Morgan fingerprint density at radius 3 is 2.68 bits per heavy atom. The van der Waals surface area contributed by atoms with E-state index < -0.39 is 16.6 Å². The number of likely N-dealkylation sites (N-methyl/N-ethyl adjacent to an activating group) is 1. The summed E-state index contributed by atoms with van der Waals surface area (Å²) in [5, 5.41) is 0. The molecule has 0 amide bonds. The minimum Gasteiger partial charge on any atom is -0.493 e. The monoisotopic (exact) mass is 419 g/mol. The SMILES string of the molecule is COc1ccc2c3c1OC1(Cc4ccccc4)C(=O)CC[C@@]4(OC)[C@@H](C2)N(C)CC[C@]314. The van der Waals surface area contributed by atoms with Crippen LogP contribution in [-0.4, -0.2) is 55.7 Å². The second-order valence-electron chi connectivity index (χ2n) is 9.60. The molecule has 2 aliphatic carbocycles. The summed E-state index contributed by atoms with van der Waals surface area (Å²) in [5.41, 5.74) is 1.59. The zero-order valence-electron chi connectivity index (χ0n) is 18.4. The van der Waals surface area contributed by atoms with Crippen molar-refractivity contribution in [2.24, 2.45) is 0 Å². The molecule has 4 atom stereocenters. The van der Waals surface area contributed by atoms with Crippen LogP contribution in [0.5, 0.6) is 11.5 Å². The molecule has 6 rings (SSSR count). The van der Waals surface area contributed by atoms with Crippen molar-refractivity contribution in [3.8, 4) is 11.5 Å². The van der Waals surface area contributed by atoms with Crippen LogP contribution in [0.15, 0.2) is 42.5 Å². The van der Waals surface area contributed by atoms with Gasteiger partial charge in [-0.15, -0.1) is 0 Å². The number of hydrogen-bond acceptors (Lipinski definition) is 5. The number of likely N-dealkylation sites (tertiary alicyclic amines) is 1. The van der Waals surface area contributed by atoms with Crippen LogP contribution in [0.25, 0.3) is 0 Å². The van der Waals surface area contributed by atoms with Crippen LogP contribution >= 0.6 is 0 Å². The van der Waals surface area contributed by atoms with E-state index >= 15 is 0 Å². The molecule has 2 fully saturated rings. The van der Waals surface area contributed by atoms with Crippen LogP contribution in [0.3, 0.4) is 0 Å². The molecule has 1 saturated carbocycles. The van der Waals surface area contributed by atoms with Gasteiger partial charge in [0.1, 0.15) is 0 Å². The Bertz CT molecular complexity index is 1070. The van der Waals surface area contributed by atoms with Crippen LogP contribution in [-0.2, 0) is 27.8 Å². The number of ketones is 1. The van der Waals surface area contributed by atoms with Crippen LogP contribution < -0.4 is 9.47 Å². The Kier molecular flexibility index (Phi) is 3.95. The topological polar surface area (TPSA) is 48.0 Å². The van der Waals surface area contributed by atoms with E-state index in [1.807, 2.05) is 31.4 Å². The Hall–Kier alpha value is -2.37.